The Morgan fingerprint density at radius 3 is 2.35 bits per heavy atom. The molecule has 2 aliphatic rings. The minimum absolute atomic E-state index is 0.0829. The molecule has 2 saturated carbocycles. The van der Waals surface area contributed by atoms with E-state index in [0.29, 0.717) is 11.5 Å². The Hall–Kier alpha value is -1.31. The topological polar surface area (TPSA) is 29.1 Å². The molecular weight excluding hydrogens is 246 g/mol. The van der Waals surface area contributed by atoms with Gasteiger partial charge < -0.3 is 5.32 Å². The summed E-state index contributed by atoms with van der Waals surface area (Å²) in [5, 5.41) is 3.30. The van der Waals surface area contributed by atoms with Crippen LogP contribution in [0.4, 0.5) is 0 Å². The summed E-state index contributed by atoms with van der Waals surface area (Å²) in [6, 6.07) is 8.17. The van der Waals surface area contributed by atoms with Crippen molar-refractivity contribution in [2.75, 3.05) is 0 Å². The first-order chi connectivity index (χ1) is 9.34. The molecule has 1 N–H and O–H groups in total. The molecule has 0 unspecified atom stereocenters. The molecule has 0 radical (unpaired) electrons. The quantitative estimate of drug-likeness (QED) is 0.867. The molecule has 20 heavy (non-hydrogen) atoms. The van der Waals surface area contributed by atoms with Gasteiger partial charge in [0.1, 0.15) is 0 Å². The lowest BCUT2D eigenvalue weighted by atomic mass is 9.69. The van der Waals surface area contributed by atoms with Gasteiger partial charge in [-0.1, -0.05) is 38.5 Å². The van der Waals surface area contributed by atoms with E-state index in [1.165, 1.54) is 18.4 Å². The normalized spacial score (nSPS) is 34.2. The number of benzene rings is 1. The maximum absolute atomic E-state index is 12.4. The first kappa shape index (κ1) is 13.7. The fourth-order valence-electron chi connectivity index (χ4n) is 4.37. The molecule has 0 heterocycles. The van der Waals surface area contributed by atoms with Crippen LogP contribution in [0.15, 0.2) is 24.3 Å². The smallest absolute Gasteiger partial charge is 0.251 e. The molecule has 3 atom stereocenters. The van der Waals surface area contributed by atoms with Crippen LogP contribution >= 0.6 is 0 Å². The minimum Gasteiger partial charge on any atom is -0.349 e. The summed E-state index contributed by atoms with van der Waals surface area (Å²) in [6.07, 6.45) is 3.70. The maximum Gasteiger partial charge on any atom is 0.251 e. The Kier molecular flexibility index (Phi) is 2.97. The van der Waals surface area contributed by atoms with Crippen molar-refractivity contribution in [1.29, 1.82) is 0 Å². The SMILES string of the molecule is Cc1ccc(C(=O)N[C@H]2C[C@@H]3CC[C@]2(C)C3(C)C)cc1. The first-order valence-corrected chi connectivity index (χ1v) is 7.72. The van der Waals surface area contributed by atoms with E-state index < -0.39 is 0 Å². The molecule has 0 aliphatic heterocycles. The summed E-state index contributed by atoms with van der Waals surface area (Å²) < 4.78 is 0. The van der Waals surface area contributed by atoms with Crippen LogP contribution in [-0.2, 0) is 0 Å². The largest absolute Gasteiger partial charge is 0.349 e. The van der Waals surface area contributed by atoms with Gasteiger partial charge in [0.05, 0.1) is 0 Å². The predicted octanol–water partition coefficient (Wildman–Crippen LogP) is 3.94. The van der Waals surface area contributed by atoms with Gasteiger partial charge in [0.25, 0.3) is 5.91 Å². The molecule has 2 fully saturated rings. The second kappa shape index (κ2) is 4.34. The van der Waals surface area contributed by atoms with E-state index >= 15 is 0 Å². The van der Waals surface area contributed by atoms with Crippen molar-refractivity contribution in [3.05, 3.63) is 35.4 Å². The predicted molar refractivity (Wildman–Crippen MR) is 81.7 cm³/mol. The number of nitrogens with one attached hydrogen (secondary N) is 1. The van der Waals surface area contributed by atoms with Crippen LogP contribution < -0.4 is 5.32 Å². The van der Waals surface area contributed by atoms with Crippen LogP contribution in [0.2, 0.25) is 0 Å². The second-order valence-corrected chi connectivity index (χ2v) is 7.50. The summed E-state index contributed by atoms with van der Waals surface area (Å²) in [7, 11) is 0. The molecule has 1 aromatic carbocycles. The molecule has 1 amide bonds. The van der Waals surface area contributed by atoms with Crippen molar-refractivity contribution in [2.24, 2.45) is 16.7 Å². The molecule has 108 valence electrons. The van der Waals surface area contributed by atoms with E-state index in [1.807, 2.05) is 31.2 Å². The molecular formula is C18H25NO. The highest BCUT2D eigenvalue weighted by molar-refractivity contribution is 5.94. The number of hydrogen-bond acceptors (Lipinski definition) is 1. The maximum atomic E-state index is 12.4. The molecule has 2 aliphatic carbocycles. The second-order valence-electron chi connectivity index (χ2n) is 7.50. The highest BCUT2D eigenvalue weighted by atomic mass is 16.1. The lowest BCUT2D eigenvalue weighted by Gasteiger charge is -2.39. The number of hydrogen-bond donors (Lipinski definition) is 1. The zero-order valence-electron chi connectivity index (χ0n) is 13.0. The molecule has 2 bridgehead atoms. The molecule has 0 aromatic heterocycles. The summed E-state index contributed by atoms with van der Waals surface area (Å²) in [5.41, 5.74) is 2.56. The van der Waals surface area contributed by atoms with Gasteiger partial charge in [0.2, 0.25) is 0 Å². The molecule has 2 heteroatoms. The zero-order valence-corrected chi connectivity index (χ0v) is 13.0. The van der Waals surface area contributed by atoms with Gasteiger partial charge in [-0.05, 0) is 55.1 Å². The number of aryl methyl sites for hydroxylation is 1. The monoisotopic (exact) mass is 271 g/mol. The van der Waals surface area contributed by atoms with Gasteiger partial charge in [-0.25, -0.2) is 0 Å². The minimum atomic E-state index is 0.0829. The summed E-state index contributed by atoms with van der Waals surface area (Å²) in [4.78, 5) is 12.4. The van der Waals surface area contributed by atoms with Crippen molar-refractivity contribution in [2.45, 2.75) is 53.0 Å². The molecule has 3 rings (SSSR count). The van der Waals surface area contributed by atoms with Crippen molar-refractivity contribution < 1.29 is 4.79 Å². The third kappa shape index (κ3) is 1.81. The van der Waals surface area contributed by atoms with E-state index in [-0.39, 0.29) is 11.3 Å². The standard InChI is InChI=1S/C18H25NO/c1-12-5-7-13(8-6-12)16(20)19-15-11-14-9-10-18(15,4)17(14,2)3/h5-8,14-15H,9-11H2,1-4H3,(H,19,20)/t14-,15-,18-/m0/s1. The number of carbonyl (C=O) groups is 1. The fourth-order valence-corrected chi connectivity index (χ4v) is 4.37. The number of rotatable bonds is 2. The molecule has 0 saturated heterocycles. The first-order valence-electron chi connectivity index (χ1n) is 7.72. The number of fused-ring (bicyclic) bond motifs is 2. The highest BCUT2D eigenvalue weighted by Gasteiger charge is 2.61. The van der Waals surface area contributed by atoms with Crippen LogP contribution in [0, 0.1) is 23.7 Å². The van der Waals surface area contributed by atoms with Crippen molar-refractivity contribution in [3.8, 4) is 0 Å². The van der Waals surface area contributed by atoms with Crippen LogP contribution in [-0.4, -0.2) is 11.9 Å². The van der Waals surface area contributed by atoms with Gasteiger partial charge in [0, 0.05) is 11.6 Å². The summed E-state index contributed by atoms with van der Waals surface area (Å²) in [6.45, 7) is 9.16. The Labute approximate surface area is 122 Å². The van der Waals surface area contributed by atoms with E-state index in [9.17, 15) is 4.79 Å². The average Bonchev–Trinajstić information content (AvgIpc) is 2.72. The van der Waals surface area contributed by atoms with Crippen molar-refractivity contribution in [1.82, 2.24) is 5.32 Å². The number of amides is 1. The molecule has 1 aromatic rings. The Balaban J connectivity index is 1.76. The lowest BCUT2D eigenvalue weighted by molar-refractivity contribution is 0.0826. The van der Waals surface area contributed by atoms with Gasteiger partial charge in [-0.2, -0.15) is 0 Å². The Morgan fingerprint density at radius 2 is 1.85 bits per heavy atom. The van der Waals surface area contributed by atoms with Gasteiger partial charge in [-0.3, -0.25) is 4.79 Å². The van der Waals surface area contributed by atoms with E-state index in [0.717, 1.165) is 17.9 Å². The van der Waals surface area contributed by atoms with Crippen LogP contribution in [0.5, 0.6) is 0 Å². The van der Waals surface area contributed by atoms with Crippen LogP contribution in [0.3, 0.4) is 0 Å². The number of carbonyl (C=O) groups excluding carboxylic acids is 1. The van der Waals surface area contributed by atoms with Crippen molar-refractivity contribution >= 4 is 5.91 Å². The van der Waals surface area contributed by atoms with E-state index in [1.54, 1.807) is 0 Å². The third-order valence-electron chi connectivity index (χ3n) is 6.41. The Morgan fingerprint density at radius 1 is 1.20 bits per heavy atom. The van der Waals surface area contributed by atoms with E-state index in [2.05, 4.69) is 26.1 Å². The van der Waals surface area contributed by atoms with Gasteiger partial charge in [0.15, 0.2) is 0 Å². The van der Waals surface area contributed by atoms with Crippen molar-refractivity contribution in [3.63, 3.8) is 0 Å². The zero-order chi connectivity index (χ0) is 14.5. The Bertz CT molecular complexity index is 531. The van der Waals surface area contributed by atoms with Crippen LogP contribution in [0.1, 0.15) is 56.0 Å². The summed E-state index contributed by atoms with van der Waals surface area (Å²) >= 11 is 0. The average molecular weight is 271 g/mol. The van der Waals surface area contributed by atoms with Gasteiger partial charge in [-0.15, -0.1) is 0 Å². The highest BCUT2D eigenvalue weighted by Crippen LogP contribution is 2.65. The lowest BCUT2D eigenvalue weighted by Crippen LogP contribution is -2.46. The van der Waals surface area contributed by atoms with Crippen LogP contribution in [0.25, 0.3) is 0 Å². The molecule has 2 nitrogen and oxygen atoms in total. The summed E-state index contributed by atoms with van der Waals surface area (Å²) in [5.74, 6) is 0.843. The third-order valence-corrected chi connectivity index (χ3v) is 6.41. The van der Waals surface area contributed by atoms with Gasteiger partial charge >= 0.3 is 0 Å². The van der Waals surface area contributed by atoms with E-state index in [4.69, 9.17) is 0 Å². The fraction of sp³-hybridized carbons (Fsp3) is 0.611. The molecule has 0 spiro atoms.